The lowest BCUT2D eigenvalue weighted by Crippen LogP contribution is -2.04. The normalized spacial score (nSPS) is 10.6. The minimum absolute atomic E-state index is 0.183. The number of nitrogen functional groups attached to an aromatic ring is 1. The second kappa shape index (κ2) is 6.57. The van der Waals surface area contributed by atoms with E-state index in [0.29, 0.717) is 12.4 Å². The molecule has 4 rings (SSSR count). The third-order valence-electron chi connectivity index (χ3n) is 4.21. The number of nitrogens with one attached hydrogen (secondary N) is 1. The van der Waals surface area contributed by atoms with E-state index in [2.05, 4.69) is 55.0 Å². The van der Waals surface area contributed by atoms with Crippen LogP contribution in [0.1, 0.15) is 5.56 Å². The van der Waals surface area contributed by atoms with Gasteiger partial charge in [0.05, 0.1) is 12.3 Å². The number of anilines is 2. The third-order valence-corrected chi connectivity index (χ3v) is 4.21. The zero-order chi connectivity index (χ0) is 17.9. The van der Waals surface area contributed by atoms with Crippen molar-refractivity contribution >= 4 is 22.8 Å². The summed E-state index contributed by atoms with van der Waals surface area (Å²) in [6, 6.07) is 18.5. The molecule has 1 aromatic carbocycles. The number of nitrogens with two attached hydrogens (primary N) is 1. The van der Waals surface area contributed by atoms with Crippen molar-refractivity contribution < 1.29 is 0 Å². The first-order valence-corrected chi connectivity index (χ1v) is 8.14. The first-order chi connectivity index (χ1) is 12.8. The van der Waals surface area contributed by atoms with Crippen molar-refractivity contribution in [2.24, 2.45) is 0 Å². The summed E-state index contributed by atoms with van der Waals surface area (Å²) in [5.74, 6) is 0.629. The third kappa shape index (κ3) is 2.72. The molecule has 3 aromatic heterocycles. The molecule has 0 spiro atoms. The van der Waals surface area contributed by atoms with Crippen LogP contribution in [0.15, 0.2) is 67.1 Å². The van der Waals surface area contributed by atoms with E-state index in [1.807, 2.05) is 30.3 Å². The van der Waals surface area contributed by atoms with Crippen molar-refractivity contribution in [3.8, 4) is 11.3 Å². The van der Waals surface area contributed by atoms with Crippen LogP contribution >= 0.6 is 0 Å². The molecule has 6 heteroatoms. The van der Waals surface area contributed by atoms with Crippen LogP contribution in [0.2, 0.25) is 0 Å². The fraction of sp³-hybridized carbons (Fsp3) is 0.0500. The molecule has 26 heavy (non-hydrogen) atoms. The number of rotatable bonds is 4. The number of fused-ring (bicyclic) bond motifs is 1. The molecule has 3 heterocycles. The van der Waals surface area contributed by atoms with E-state index in [-0.39, 0.29) is 11.5 Å². The molecule has 0 atom stereocenters. The highest BCUT2D eigenvalue weighted by Gasteiger charge is 2.14. The molecule has 0 saturated heterocycles. The Balaban J connectivity index is 1.76. The maximum atomic E-state index is 7.29. The minimum atomic E-state index is 0.183. The first kappa shape index (κ1) is 15.7. The highest BCUT2D eigenvalue weighted by molar-refractivity contribution is 5.77. The summed E-state index contributed by atoms with van der Waals surface area (Å²) in [4.78, 5) is 11.5. The van der Waals surface area contributed by atoms with Gasteiger partial charge in [-0.05, 0) is 29.3 Å². The molecular weight excluding hydrogens is 324 g/mol. The van der Waals surface area contributed by atoms with E-state index in [4.69, 9.17) is 12.3 Å². The smallest absolute Gasteiger partial charge is 0.268 e. The quantitative estimate of drug-likeness (QED) is 0.548. The van der Waals surface area contributed by atoms with E-state index >= 15 is 0 Å². The van der Waals surface area contributed by atoms with Gasteiger partial charge >= 0.3 is 0 Å². The number of benzene rings is 1. The molecule has 0 amide bonds. The molecule has 0 aliphatic carbocycles. The largest absolute Gasteiger partial charge is 0.392 e. The van der Waals surface area contributed by atoms with Gasteiger partial charge in [-0.15, -0.1) is 0 Å². The molecule has 0 fully saturated rings. The van der Waals surface area contributed by atoms with Gasteiger partial charge in [0.15, 0.2) is 0 Å². The van der Waals surface area contributed by atoms with Crippen LogP contribution in [0.25, 0.3) is 21.6 Å². The fourth-order valence-corrected chi connectivity index (χ4v) is 3.05. The summed E-state index contributed by atoms with van der Waals surface area (Å²) in [6.45, 7) is 7.81. The van der Waals surface area contributed by atoms with E-state index < -0.39 is 0 Å². The number of hydrogen-bond acceptors (Lipinski definition) is 4. The molecule has 4 aromatic rings. The van der Waals surface area contributed by atoms with Gasteiger partial charge in [0.1, 0.15) is 18.0 Å². The van der Waals surface area contributed by atoms with Gasteiger partial charge in [0.25, 0.3) is 5.69 Å². The summed E-state index contributed by atoms with van der Waals surface area (Å²) in [5.41, 5.74) is 10.5. The predicted molar refractivity (Wildman–Crippen MR) is 103 cm³/mol. The Bertz CT molecular complexity index is 1110. The number of hydrogen-bond donors (Lipinski definition) is 2. The lowest BCUT2D eigenvalue weighted by atomic mass is 10.1. The lowest BCUT2D eigenvalue weighted by molar-refractivity contribution is 1.08. The summed E-state index contributed by atoms with van der Waals surface area (Å²) in [5, 5.41) is 3.23. The molecular formula is C20H16N6. The molecule has 0 unspecified atom stereocenters. The maximum Gasteiger partial charge on any atom is 0.268 e. The molecule has 126 valence electrons. The standard InChI is InChI=1S/C20H16N6/c1-22-17-19(21)24-13-25-20(17)23-12-15-11-16-9-5-6-10-26(16)18(15)14-7-3-2-4-8-14/h2-11,13H,12H2,(H3,21,23,24,25). The first-order valence-electron chi connectivity index (χ1n) is 8.14. The van der Waals surface area contributed by atoms with Crippen LogP contribution in [-0.4, -0.2) is 14.4 Å². The zero-order valence-corrected chi connectivity index (χ0v) is 13.9. The average Bonchev–Trinajstić information content (AvgIpc) is 3.05. The lowest BCUT2D eigenvalue weighted by Gasteiger charge is -2.10. The Morgan fingerprint density at radius 3 is 2.69 bits per heavy atom. The number of nitrogens with zero attached hydrogens (tertiary/aromatic N) is 4. The Morgan fingerprint density at radius 1 is 1.08 bits per heavy atom. The van der Waals surface area contributed by atoms with Gasteiger partial charge in [-0.25, -0.2) is 14.8 Å². The Labute approximate surface area is 150 Å². The predicted octanol–water partition coefficient (Wildman–Crippen LogP) is 4.14. The summed E-state index contributed by atoms with van der Waals surface area (Å²) < 4.78 is 2.16. The fourth-order valence-electron chi connectivity index (χ4n) is 3.05. The molecule has 0 saturated carbocycles. The van der Waals surface area contributed by atoms with Crippen molar-refractivity contribution in [2.45, 2.75) is 6.54 Å². The summed E-state index contributed by atoms with van der Waals surface area (Å²) in [7, 11) is 0. The Morgan fingerprint density at radius 2 is 1.88 bits per heavy atom. The van der Waals surface area contributed by atoms with Crippen LogP contribution < -0.4 is 11.1 Å². The summed E-state index contributed by atoms with van der Waals surface area (Å²) in [6.07, 6.45) is 3.41. The van der Waals surface area contributed by atoms with Gasteiger partial charge < -0.3 is 15.5 Å². The highest BCUT2D eigenvalue weighted by Crippen LogP contribution is 2.31. The van der Waals surface area contributed by atoms with Crippen LogP contribution in [0.3, 0.4) is 0 Å². The SMILES string of the molecule is [C-]#[N+]c1c(N)ncnc1NCc1cc2ccccn2c1-c1ccccc1. The zero-order valence-electron chi connectivity index (χ0n) is 13.9. The number of pyridine rings is 1. The second-order valence-electron chi connectivity index (χ2n) is 5.80. The van der Waals surface area contributed by atoms with Gasteiger partial charge in [0, 0.05) is 18.3 Å². The molecule has 3 N–H and O–H groups in total. The van der Waals surface area contributed by atoms with Crippen LogP contribution in [0.4, 0.5) is 17.3 Å². The van der Waals surface area contributed by atoms with Crippen LogP contribution in [-0.2, 0) is 6.54 Å². The van der Waals surface area contributed by atoms with E-state index in [9.17, 15) is 0 Å². The number of aromatic nitrogens is 3. The monoisotopic (exact) mass is 340 g/mol. The van der Waals surface area contributed by atoms with Crippen molar-refractivity contribution in [1.29, 1.82) is 0 Å². The van der Waals surface area contributed by atoms with Crippen LogP contribution in [0, 0.1) is 6.57 Å². The molecule has 6 nitrogen and oxygen atoms in total. The van der Waals surface area contributed by atoms with Crippen molar-refractivity contribution in [3.63, 3.8) is 0 Å². The van der Waals surface area contributed by atoms with Gasteiger partial charge in [0.2, 0.25) is 0 Å². The Hall–Kier alpha value is -3.85. The Kier molecular flexibility index (Phi) is 3.96. The van der Waals surface area contributed by atoms with Gasteiger partial charge in [-0.1, -0.05) is 36.4 Å². The molecule has 0 bridgehead atoms. The van der Waals surface area contributed by atoms with E-state index in [0.717, 1.165) is 22.3 Å². The van der Waals surface area contributed by atoms with E-state index in [1.165, 1.54) is 6.33 Å². The van der Waals surface area contributed by atoms with Gasteiger partial charge in [-0.3, -0.25) is 0 Å². The second-order valence-corrected chi connectivity index (χ2v) is 5.80. The van der Waals surface area contributed by atoms with Crippen molar-refractivity contribution in [3.05, 3.63) is 84.1 Å². The molecule has 0 aliphatic heterocycles. The molecule has 0 radical (unpaired) electrons. The topological polar surface area (TPSA) is 72.6 Å². The van der Waals surface area contributed by atoms with Gasteiger partial charge in [-0.2, -0.15) is 0 Å². The highest BCUT2D eigenvalue weighted by atomic mass is 15.1. The summed E-state index contributed by atoms with van der Waals surface area (Å²) >= 11 is 0. The van der Waals surface area contributed by atoms with Crippen LogP contribution in [0.5, 0.6) is 0 Å². The van der Waals surface area contributed by atoms with Crippen molar-refractivity contribution in [1.82, 2.24) is 14.4 Å². The van der Waals surface area contributed by atoms with Crippen molar-refractivity contribution in [2.75, 3.05) is 11.1 Å². The molecule has 0 aliphatic rings. The average molecular weight is 340 g/mol. The maximum absolute atomic E-state index is 7.29. The minimum Gasteiger partial charge on any atom is -0.392 e. The van der Waals surface area contributed by atoms with E-state index in [1.54, 1.807) is 0 Å².